The Balaban J connectivity index is 0.000000178. The summed E-state index contributed by atoms with van der Waals surface area (Å²) in [5.41, 5.74) is 6.22. The second-order valence-corrected chi connectivity index (χ2v) is 8.15. The van der Waals surface area contributed by atoms with Gasteiger partial charge in [0.1, 0.15) is 11.5 Å². The quantitative estimate of drug-likeness (QED) is 0.396. The number of hydrogen-bond donors (Lipinski definition) is 3. The third-order valence-electron chi connectivity index (χ3n) is 6.07. The summed E-state index contributed by atoms with van der Waals surface area (Å²) in [7, 11) is 3.19. The first kappa shape index (κ1) is 22.3. The Kier molecular flexibility index (Phi) is 5.74. The zero-order valence-electron chi connectivity index (χ0n) is 19.2. The summed E-state index contributed by atoms with van der Waals surface area (Å²) in [6.45, 7) is 0.361. The van der Waals surface area contributed by atoms with Gasteiger partial charge in [0.05, 0.1) is 44.1 Å². The third-order valence-corrected chi connectivity index (χ3v) is 6.07. The molecule has 3 aliphatic heterocycles. The number of hydrogen-bond acceptors (Lipinski definition) is 6. The highest BCUT2D eigenvalue weighted by Gasteiger charge is 2.27. The van der Waals surface area contributed by atoms with E-state index in [9.17, 15) is 14.4 Å². The van der Waals surface area contributed by atoms with Crippen LogP contribution < -0.4 is 20.1 Å². The first-order valence-electron chi connectivity index (χ1n) is 11.0. The van der Waals surface area contributed by atoms with Crippen LogP contribution in [0.3, 0.4) is 0 Å². The number of esters is 1. The summed E-state index contributed by atoms with van der Waals surface area (Å²) in [4.78, 5) is 38.0. The Morgan fingerprint density at radius 2 is 1.66 bits per heavy atom. The minimum absolute atomic E-state index is 0.0539. The number of fused-ring (bicyclic) bond motifs is 3. The number of aromatic nitrogens is 1. The molecule has 178 valence electrons. The Bertz CT molecular complexity index is 1390. The largest absolute Gasteiger partial charge is 0.497 e. The van der Waals surface area contributed by atoms with Crippen molar-refractivity contribution in [2.45, 2.75) is 12.8 Å². The number of cyclic esters (lactones) is 1. The number of benzene rings is 2. The maximum Gasteiger partial charge on any atom is 0.339 e. The standard InChI is InChI=1S/C17H14N2O4.C9H9NO2/c1-22-9-2-3-10-12(16(20)19-15(10)6-9)7-14-11-4-5-23-17(21)13(11)8-18-14;1-12-7-3-2-6-4-9(11)10-8(6)5-7/h2-3,6-8,18H,4-5H2,1H3,(H,19,20);2-3,5H,4H2,1H3,(H,10,11). The van der Waals surface area contributed by atoms with E-state index in [4.69, 9.17) is 14.2 Å². The van der Waals surface area contributed by atoms with Crippen LogP contribution >= 0.6 is 0 Å². The Labute approximate surface area is 201 Å². The van der Waals surface area contributed by atoms with Crippen molar-refractivity contribution in [2.24, 2.45) is 0 Å². The van der Waals surface area contributed by atoms with E-state index in [1.807, 2.05) is 30.3 Å². The second kappa shape index (κ2) is 9.02. The molecule has 0 fully saturated rings. The second-order valence-electron chi connectivity index (χ2n) is 8.15. The lowest BCUT2D eigenvalue weighted by Gasteiger charge is -2.12. The van der Waals surface area contributed by atoms with Gasteiger partial charge in [-0.05, 0) is 35.4 Å². The number of anilines is 2. The average molecular weight is 473 g/mol. The molecule has 2 aromatic carbocycles. The van der Waals surface area contributed by atoms with Gasteiger partial charge in [0.25, 0.3) is 5.91 Å². The van der Waals surface area contributed by atoms with E-state index in [-0.39, 0.29) is 17.8 Å². The van der Waals surface area contributed by atoms with Crippen LogP contribution in [-0.4, -0.2) is 43.6 Å². The molecule has 0 atom stereocenters. The minimum Gasteiger partial charge on any atom is -0.497 e. The SMILES string of the molecule is COc1ccc2c(c1)NC(=O)C2.COc1ccc2c(c1)NC(=O)C2=Cc1[nH]cc2c1CCOC2=O. The lowest BCUT2D eigenvalue weighted by molar-refractivity contribution is -0.115. The van der Waals surface area contributed by atoms with Crippen LogP contribution in [0.15, 0.2) is 42.6 Å². The smallest absolute Gasteiger partial charge is 0.339 e. The summed E-state index contributed by atoms with van der Waals surface area (Å²) in [6.07, 6.45) is 4.54. The molecule has 0 saturated heterocycles. The first-order chi connectivity index (χ1) is 17.0. The molecule has 0 aliphatic carbocycles. The van der Waals surface area contributed by atoms with Crippen molar-refractivity contribution in [3.63, 3.8) is 0 Å². The van der Waals surface area contributed by atoms with Gasteiger partial charge in [-0.25, -0.2) is 4.79 Å². The van der Waals surface area contributed by atoms with Crippen molar-refractivity contribution in [3.05, 3.63) is 70.5 Å². The van der Waals surface area contributed by atoms with Crippen LogP contribution in [0.2, 0.25) is 0 Å². The first-order valence-corrected chi connectivity index (χ1v) is 11.0. The average Bonchev–Trinajstić information content (AvgIpc) is 3.54. The summed E-state index contributed by atoms with van der Waals surface area (Å²) >= 11 is 0. The zero-order chi connectivity index (χ0) is 24.5. The van der Waals surface area contributed by atoms with Crippen molar-refractivity contribution in [1.29, 1.82) is 0 Å². The number of nitrogens with one attached hydrogen (secondary N) is 3. The predicted molar refractivity (Wildman–Crippen MR) is 130 cm³/mol. The van der Waals surface area contributed by atoms with Crippen LogP contribution in [0, 0.1) is 0 Å². The Hall–Kier alpha value is -4.53. The van der Waals surface area contributed by atoms with E-state index < -0.39 is 0 Å². The van der Waals surface area contributed by atoms with E-state index in [2.05, 4.69) is 15.6 Å². The molecule has 4 heterocycles. The summed E-state index contributed by atoms with van der Waals surface area (Å²) in [6, 6.07) is 11.1. The Morgan fingerprint density at radius 3 is 2.43 bits per heavy atom. The fourth-order valence-electron chi connectivity index (χ4n) is 4.28. The fraction of sp³-hybridized carbons (Fsp3) is 0.192. The lowest BCUT2D eigenvalue weighted by Crippen LogP contribution is -2.16. The molecule has 1 aromatic heterocycles. The van der Waals surface area contributed by atoms with Gasteiger partial charge in [-0.15, -0.1) is 0 Å². The molecule has 0 radical (unpaired) electrons. The molecule has 35 heavy (non-hydrogen) atoms. The van der Waals surface area contributed by atoms with Gasteiger partial charge in [-0.2, -0.15) is 0 Å². The number of aromatic amines is 1. The summed E-state index contributed by atoms with van der Waals surface area (Å²) in [5, 5.41) is 5.58. The van der Waals surface area contributed by atoms with E-state index >= 15 is 0 Å². The molecule has 0 bridgehead atoms. The van der Waals surface area contributed by atoms with Gasteiger partial charge in [0.15, 0.2) is 0 Å². The van der Waals surface area contributed by atoms with Gasteiger partial charge < -0.3 is 29.8 Å². The van der Waals surface area contributed by atoms with E-state index in [0.29, 0.717) is 36.3 Å². The third kappa shape index (κ3) is 4.23. The van der Waals surface area contributed by atoms with Gasteiger partial charge in [0.2, 0.25) is 5.91 Å². The normalized spacial score (nSPS) is 16.3. The van der Waals surface area contributed by atoms with Crippen LogP contribution in [-0.2, 0) is 27.2 Å². The molecular weight excluding hydrogens is 450 g/mol. The fourth-order valence-corrected chi connectivity index (χ4v) is 4.28. The van der Waals surface area contributed by atoms with Gasteiger partial charge in [0, 0.05) is 41.7 Å². The van der Waals surface area contributed by atoms with Crippen molar-refractivity contribution in [3.8, 4) is 11.5 Å². The molecule has 3 aromatic rings. The summed E-state index contributed by atoms with van der Waals surface area (Å²) in [5.74, 6) is 1.02. The van der Waals surface area contributed by atoms with Crippen molar-refractivity contribution in [2.75, 3.05) is 31.5 Å². The molecular formula is C26H23N3O6. The van der Waals surface area contributed by atoms with Crippen molar-refractivity contribution < 1.29 is 28.6 Å². The molecule has 0 spiro atoms. The highest BCUT2D eigenvalue weighted by molar-refractivity contribution is 6.35. The van der Waals surface area contributed by atoms with Crippen LogP contribution in [0.25, 0.3) is 11.6 Å². The van der Waals surface area contributed by atoms with E-state index in [1.165, 1.54) is 0 Å². The molecule has 0 unspecified atom stereocenters. The van der Waals surface area contributed by atoms with Crippen molar-refractivity contribution in [1.82, 2.24) is 4.98 Å². The number of carbonyl (C=O) groups is 3. The van der Waals surface area contributed by atoms with E-state index in [1.54, 1.807) is 32.6 Å². The molecule has 2 amide bonds. The minimum atomic E-state index is -0.326. The van der Waals surface area contributed by atoms with Crippen LogP contribution in [0.4, 0.5) is 11.4 Å². The van der Waals surface area contributed by atoms with Crippen molar-refractivity contribution >= 4 is 40.8 Å². The topological polar surface area (TPSA) is 119 Å². The Morgan fingerprint density at radius 1 is 0.914 bits per heavy atom. The van der Waals surface area contributed by atoms with Gasteiger partial charge in [-0.1, -0.05) is 6.07 Å². The van der Waals surface area contributed by atoms with Crippen LogP contribution in [0.5, 0.6) is 11.5 Å². The maximum atomic E-state index is 12.3. The molecule has 3 aliphatic rings. The molecule has 9 heteroatoms. The van der Waals surface area contributed by atoms with Gasteiger partial charge in [-0.3, -0.25) is 9.59 Å². The number of amides is 2. The number of rotatable bonds is 3. The molecule has 0 saturated carbocycles. The number of methoxy groups -OCH3 is 2. The van der Waals surface area contributed by atoms with Gasteiger partial charge >= 0.3 is 5.97 Å². The lowest BCUT2D eigenvalue weighted by atomic mass is 10.0. The molecule has 3 N–H and O–H groups in total. The number of ether oxygens (including phenoxy) is 3. The maximum absolute atomic E-state index is 12.3. The molecule has 9 nitrogen and oxygen atoms in total. The predicted octanol–water partition coefficient (Wildman–Crippen LogP) is 3.42. The zero-order valence-corrected chi connectivity index (χ0v) is 19.2. The number of carbonyl (C=O) groups excluding carboxylic acids is 3. The highest BCUT2D eigenvalue weighted by atomic mass is 16.5. The highest BCUT2D eigenvalue weighted by Crippen LogP contribution is 2.36. The monoisotopic (exact) mass is 473 g/mol. The van der Waals surface area contributed by atoms with E-state index in [0.717, 1.165) is 39.5 Å². The summed E-state index contributed by atoms with van der Waals surface area (Å²) < 4.78 is 15.2. The molecule has 6 rings (SSSR count). The van der Waals surface area contributed by atoms with Crippen LogP contribution in [0.1, 0.15) is 32.7 Å². The number of H-pyrrole nitrogens is 1.